The summed E-state index contributed by atoms with van der Waals surface area (Å²) < 4.78 is 5.35. The summed E-state index contributed by atoms with van der Waals surface area (Å²) in [6.07, 6.45) is 10.3. The molecule has 0 saturated heterocycles. The number of nitrogens with one attached hydrogen (secondary N) is 2. The molecule has 5 nitrogen and oxygen atoms in total. The van der Waals surface area contributed by atoms with Gasteiger partial charge in [-0.2, -0.15) is 4.98 Å². The molecule has 5 heteroatoms. The van der Waals surface area contributed by atoms with Crippen LogP contribution in [0.1, 0.15) is 32.1 Å². The van der Waals surface area contributed by atoms with Crippen molar-refractivity contribution < 1.29 is 4.74 Å². The highest BCUT2D eigenvalue weighted by Gasteiger charge is 2.06. The Balaban J connectivity index is 1.58. The maximum Gasteiger partial charge on any atom is 0.224 e. The van der Waals surface area contributed by atoms with E-state index in [1.54, 1.807) is 18.9 Å². The smallest absolute Gasteiger partial charge is 0.224 e. The minimum absolute atomic E-state index is 0.645. The van der Waals surface area contributed by atoms with Gasteiger partial charge in [0.25, 0.3) is 0 Å². The van der Waals surface area contributed by atoms with Crippen LogP contribution in [0.25, 0.3) is 0 Å². The first-order valence-electron chi connectivity index (χ1n) is 8.50. The van der Waals surface area contributed by atoms with E-state index in [-0.39, 0.29) is 0 Å². The van der Waals surface area contributed by atoms with Gasteiger partial charge >= 0.3 is 0 Å². The van der Waals surface area contributed by atoms with Crippen LogP contribution in [-0.4, -0.2) is 23.6 Å². The van der Waals surface area contributed by atoms with Gasteiger partial charge in [-0.05, 0) is 50.3 Å². The quantitative estimate of drug-likeness (QED) is 0.733. The average molecular weight is 324 g/mol. The van der Waals surface area contributed by atoms with E-state index in [4.69, 9.17) is 4.74 Å². The van der Waals surface area contributed by atoms with E-state index in [0.717, 1.165) is 30.2 Å². The number of ether oxygens (including phenoxy) is 1. The molecule has 3 rings (SSSR count). The van der Waals surface area contributed by atoms with E-state index in [0.29, 0.717) is 5.95 Å². The normalized spacial score (nSPS) is 14.0. The zero-order valence-corrected chi connectivity index (χ0v) is 14.1. The predicted molar refractivity (Wildman–Crippen MR) is 98.0 cm³/mol. The van der Waals surface area contributed by atoms with Gasteiger partial charge in [-0.25, -0.2) is 4.98 Å². The maximum atomic E-state index is 5.35. The van der Waals surface area contributed by atoms with E-state index in [1.807, 2.05) is 30.3 Å². The number of benzene rings is 1. The molecule has 0 radical (unpaired) electrons. The van der Waals surface area contributed by atoms with Crippen LogP contribution in [0.4, 0.5) is 17.5 Å². The second-order valence-corrected chi connectivity index (χ2v) is 5.88. The van der Waals surface area contributed by atoms with Crippen molar-refractivity contribution in [3.63, 3.8) is 0 Å². The van der Waals surface area contributed by atoms with Gasteiger partial charge in [0.05, 0.1) is 12.8 Å². The molecule has 1 aliphatic carbocycles. The van der Waals surface area contributed by atoms with Crippen LogP contribution in [-0.2, 0) is 0 Å². The van der Waals surface area contributed by atoms with Gasteiger partial charge in [-0.1, -0.05) is 23.8 Å². The van der Waals surface area contributed by atoms with E-state index in [9.17, 15) is 0 Å². The highest BCUT2D eigenvalue weighted by molar-refractivity contribution is 5.64. The number of methoxy groups -OCH3 is 1. The number of aromatic nitrogens is 2. The van der Waals surface area contributed by atoms with Crippen LogP contribution in [0.3, 0.4) is 0 Å². The molecular weight excluding hydrogens is 300 g/mol. The molecule has 0 spiro atoms. The third-order valence-electron chi connectivity index (χ3n) is 4.14. The van der Waals surface area contributed by atoms with Crippen LogP contribution >= 0.6 is 0 Å². The Bertz CT molecular complexity index is 699. The van der Waals surface area contributed by atoms with Crippen molar-refractivity contribution in [3.8, 4) is 5.75 Å². The predicted octanol–water partition coefficient (Wildman–Crippen LogP) is 4.53. The average Bonchev–Trinajstić information content (AvgIpc) is 2.63. The first-order chi connectivity index (χ1) is 11.8. The van der Waals surface area contributed by atoms with Crippen LogP contribution in [0.15, 0.2) is 48.2 Å². The van der Waals surface area contributed by atoms with Crippen LogP contribution in [0, 0.1) is 0 Å². The third kappa shape index (κ3) is 4.47. The molecule has 1 aliphatic rings. The van der Waals surface area contributed by atoms with Gasteiger partial charge < -0.3 is 15.4 Å². The first-order valence-corrected chi connectivity index (χ1v) is 8.50. The first kappa shape index (κ1) is 16.3. The van der Waals surface area contributed by atoms with Gasteiger partial charge in [0.1, 0.15) is 11.6 Å². The molecule has 1 aromatic heterocycles. The number of hydrogen-bond donors (Lipinski definition) is 2. The highest BCUT2D eigenvalue weighted by Crippen LogP contribution is 2.26. The van der Waals surface area contributed by atoms with Crippen molar-refractivity contribution in [3.05, 3.63) is 48.2 Å². The lowest BCUT2D eigenvalue weighted by atomic mass is 9.97. The molecule has 0 saturated carbocycles. The summed E-state index contributed by atoms with van der Waals surface area (Å²) in [6, 6.07) is 9.63. The Kier molecular flexibility index (Phi) is 5.66. The summed E-state index contributed by atoms with van der Waals surface area (Å²) in [6.45, 7) is 0.865. The van der Waals surface area contributed by atoms with Crippen LogP contribution in [0.2, 0.25) is 0 Å². The van der Waals surface area contributed by atoms with Crippen molar-refractivity contribution in [2.24, 2.45) is 0 Å². The maximum absolute atomic E-state index is 5.35. The Morgan fingerprint density at radius 1 is 1.17 bits per heavy atom. The molecule has 0 unspecified atom stereocenters. The van der Waals surface area contributed by atoms with Gasteiger partial charge in [0.2, 0.25) is 5.95 Å². The molecule has 2 aromatic rings. The Morgan fingerprint density at radius 3 is 2.92 bits per heavy atom. The lowest BCUT2D eigenvalue weighted by Crippen LogP contribution is -2.08. The van der Waals surface area contributed by atoms with Gasteiger partial charge in [-0.15, -0.1) is 0 Å². The van der Waals surface area contributed by atoms with Crippen molar-refractivity contribution in [2.75, 3.05) is 24.3 Å². The number of nitrogens with zero attached hydrogens (tertiary/aromatic N) is 2. The highest BCUT2D eigenvalue weighted by atomic mass is 16.5. The van der Waals surface area contributed by atoms with Crippen molar-refractivity contribution >= 4 is 17.5 Å². The van der Waals surface area contributed by atoms with E-state index < -0.39 is 0 Å². The Labute approximate surface area is 143 Å². The Morgan fingerprint density at radius 2 is 2.08 bits per heavy atom. The summed E-state index contributed by atoms with van der Waals surface area (Å²) in [4.78, 5) is 8.81. The summed E-state index contributed by atoms with van der Waals surface area (Å²) in [7, 11) is 1.66. The zero-order chi connectivity index (χ0) is 16.6. The van der Waals surface area contributed by atoms with Gasteiger partial charge in [0.15, 0.2) is 0 Å². The van der Waals surface area contributed by atoms with Crippen molar-refractivity contribution in [1.82, 2.24) is 9.97 Å². The zero-order valence-electron chi connectivity index (χ0n) is 14.1. The monoisotopic (exact) mass is 324 g/mol. The molecule has 0 fully saturated rings. The fourth-order valence-corrected chi connectivity index (χ4v) is 2.87. The second kappa shape index (κ2) is 8.34. The molecule has 0 bridgehead atoms. The number of hydrogen-bond acceptors (Lipinski definition) is 5. The molecule has 0 aliphatic heterocycles. The third-order valence-corrected chi connectivity index (χ3v) is 4.14. The summed E-state index contributed by atoms with van der Waals surface area (Å²) in [5.41, 5.74) is 2.44. The molecular formula is C19H24N4O. The van der Waals surface area contributed by atoms with E-state index in [1.165, 1.54) is 25.7 Å². The topological polar surface area (TPSA) is 59.1 Å². The van der Waals surface area contributed by atoms with Crippen LogP contribution in [0.5, 0.6) is 5.75 Å². The standard InChI is InChI=1S/C19H24N4O/c1-24-17-10-6-5-9-16(17)22-18-12-14-21-19(23-18)20-13-11-15-7-3-2-4-8-15/h5-7,9-10,12,14H,2-4,8,11,13H2,1H3,(H2,20,21,22,23). The molecule has 0 atom stereocenters. The molecule has 1 aromatic carbocycles. The Hall–Kier alpha value is -2.56. The number of para-hydroxylation sites is 2. The molecule has 0 amide bonds. The van der Waals surface area contributed by atoms with Crippen molar-refractivity contribution in [2.45, 2.75) is 32.1 Å². The lowest BCUT2D eigenvalue weighted by molar-refractivity contribution is 0.417. The van der Waals surface area contributed by atoms with Crippen LogP contribution < -0.4 is 15.4 Å². The number of rotatable bonds is 7. The second-order valence-electron chi connectivity index (χ2n) is 5.88. The van der Waals surface area contributed by atoms with Gasteiger partial charge in [0, 0.05) is 12.7 Å². The minimum atomic E-state index is 0.645. The van der Waals surface area contributed by atoms with Gasteiger partial charge in [-0.3, -0.25) is 0 Å². The number of anilines is 3. The minimum Gasteiger partial charge on any atom is -0.495 e. The molecule has 1 heterocycles. The lowest BCUT2D eigenvalue weighted by Gasteiger charge is -2.13. The molecule has 2 N–H and O–H groups in total. The summed E-state index contributed by atoms with van der Waals surface area (Å²) in [5.74, 6) is 2.18. The summed E-state index contributed by atoms with van der Waals surface area (Å²) >= 11 is 0. The number of allylic oxidation sites excluding steroid dienone is 1. The summed E-state index contributed by atoms with van der Waals surface area (Å²) in [5, 5.41) is 6.59. The largest absolute Gasteiger partial charge is 0.495 e. The van der Waals surface area contributed by atoms with Crippen molar-refractivity contribution in [1.29, 1.82) is 0 Å². The SMILES string of the molecule is COc1ccccc1Nc1ccnc(NCCC2=CCCCC2)n1. The molecule has 24 heavy (non-hydrogen) atoms. The van der Waals surface area contributed by atoms with E-state index >= 15 is 0 Å². The fourth-order valence-electron chi connectivity index (χ4n) is 2.87. The molecule has 126 valence electrons. The fraction of sp³-hybridized carbons (Fsp3) is 0.368. The van der Waals surface area contributed by atoms with E-state index in [2.05, 4.69) is 26.7 Å².